The van der Waals surface area contributed by atoms with Crippen LogP contribution in [0.15, 0.2) is 24.3 Å². The zero-order chi connectivity index (χ0) is 17.0. The molecule has 22 heavy (non-hydrogen) atoms. The van der Waals surface area contributed by atoms with Crippen molar-refractivity contribution in [3.63, 3.8) is 0 Å². The number of nitrogens with zero attached hydrogens (tertiary/aromatic N) is 1. The van der Waals surface area contributed by atoms with Crippen molar-refractivity contribution >= 4 is 28.9 Å². The average molecular weight is 421 g/mol. The molecule has 0 saturated carbocycles. The summed E-state index contributed by atoms with van der Waals surface area (Å²) in [5.74, 6) is -0.221. The van der Waals surface area contributed by atoms with Gasteiger partial charge in [-0.25, -0.2) is 9.18 Å². The summed E-state index contributed by atoms with van der Waals surface area (Å²) in [4.78, 5) is 13.7. The number of carbonyl (C=O) groups is 1. The van der Waals surface area contributed by atoms with Crippen molar-refractivity contribution in [1.29, 1.82) is 0 Å². The lowest BCUT2D eigenvalue weighted by Crippen LogP contribution is -2.53. The Hall–Kier alpha value is -0.890. The highest BCUT2D eigenvalue weighted by Crippen LogP contribution is 2.26. The van der Waals surface area contributed by atoms with Gasteiger partial charge in [0.15, 0.2) is 0 Å². The van der Waals surface area contributed by atoms with Gasteiger partial charge >= 0.3 is 6.03 Å². The van der Waals surface area contributed by atoms with Crippen molar-refractivity contribution < 1.29 is 9.18 Å². The number of rotatable bonds is 6. The van der Waals surface area contributed by atoms with Crippen LogP contribution in [0.4, 0.5) is 9.18 Å². The van der Waals surface area contributed by atoms with Gasteiger partial charge in [0.1, 0.15) is 5.82 Å². The van der Waals surface area contributed by atoms with E-state index in [1.165, 1.54) is 12.1 Å². The lowest BCUT2D eigenvalue weighted by atomic mass is 9.85. The summed E-state index contributed by atoms with van der Waals surface area (Å²) in [6, 6.07) is 6.37. The second-order valence-corrected chi connectivity index (χ2v) is 7.44. The number of urea groups is 1. The Morgan fingerprint density at radius 3 is 2.27 bits per heavy atom. The molecule has 6 heteroatoms. The topological polar surface area (TPSA) is 44.4 Å². The Labute approximate surface area is 146 Å². The van der Waals surface area contributed by atoms with E-state index in [0.29, 0.717) is 0 Å². The molecule has 0 aliphatic carbocycles. The van der Waals surface area contributed by atoms with Crippen LogP contribution in [0, 0.1) is 5.82 Å². The van der Waals surface area contributed by atoms with E-state index in [2.05, 4.69) is 27.6 Å². The van der Waals surface area contributed by atoms with Crippen LogP contribution in [0.2, 0.25) is 0 Å². The van der Waals surface area contributed by atoms with Gasteiger partial charge in [0, 0.05) is 17.6 Å². The highest BCUT2D eigenvalue weighted by molar-refractivity contribution is 14.1. The van der Waals surface area contributed by atoms with Crippen molar-refractivity contribution in [2.24, 2.45) is 0 Å². The highest BCUT2D eigenvalue weighted by Gasteiger charge is 2.32. The molecule has 4 nitrogen and oxygen atoms in total. The molecule has 0 radical (unpaired) electrons. The SMILES string of the molecule is CN(Cc1ccc(F)cc1)C(C)(C)CC(C)(C)NC(=O)NI. The van der Waals surface area contributed by atoms with Gasteiger partial charge in [-0.1, -0.05) is 12.1 Å². The van der Waals surface area contributed by atoms with E-state index in [1.807, 2.05) is 43.8 Å². The smallest absolute Gasteiger partial charge is 0.323 e. The fourth-order valence-corrected chi connectivity index (χ4v) is 2.80. The number of benzene rings is 1. The fraction of sp³-hybridized carbons (Fsp3) is 0.562. The minimum atomic E-state index is -0.337. The molecule has 1 aromatic rings. The molecule has 1 rings (SSSR count). The van der Waals surface area contributed by atoms with E-state index in [-0.39, 0.29) is 22.9 Å². The van der Waals surface area contributed by atoms with Crippen molar-refractivity contribution in [3.8, 4) is 0 Å². The zero-order valence-corrected chi connectivity index (χ0v) is 16.0. The molecule has 124 valence electrons. The Morgan fingerprint density at radius 1 is 1.23 bits per heavy atom. The molecule has 0 unspecified atom stereocenters. The maximum atomic E-state index is 13.0. The van der Waals surface area contributed by atoms with Gasteiger partial charge in [-0.2, -0.15) is 0 Å². The molecule has 0 aliphatic rings. The molecule has 0 heterocycles. The average Bonchev–Trinajstić information content (AvgIpc) is 2.39. The zero-order valence-electron chi connectivity index (χ0n) is 13.8. The molecule has 0 bridgehead atoms. The van der Waals surface area contributed by atoms with E-state index >= 15 is 0 Å². The first-order valence-corrected chi connectivity index (χ1v) is 8.28. The lowest BCUT2D eigenvalue weighted by molar-refractivity contribution is 0.107. The number of carbonyl (C=O) groups excluding carboxylic acids is 1. The molecule has 0 saturated heterocycles. The monoisotopic (exact) mass is 421 g/mol. The summed E-state index contributed by atoms with van der Waals surface area (Å²) >= 11 is 1.82. The van der Waals surface area contributed by atoms with Crippen LogP contribution in [-0.4, -0.2) is 29.1 Å². The van der Waals surface area contributed by atoms with Crippen LogP contribution in [0.5, 0.6) is 0 Å². The van der Waals surface area contributed by atoms with Crippen LogP contribution >= 0.6 is 22.9 Å². The van der Waals surface area contributed by atoms with Gasteiger partial charge < -0.3 is 5.32 Å². The molecule has 0 spiro atoms. The first kappa shape index (κ1) is 19.2. The van der Waals surface area contributed by atoms with Crippen LogP contribution in [0.25, 0.3) is 0 Å². The van der Waals surface area contributed by atoms with E-state index in [1.54, 1.807) is 12.1 Å². The molecule has 0 aromatic heterocycles. The number of hydrogen-bond donors (Lipinski definition) is 2. The Morgan fingerprint density at radius 2 is 1.77 bits per heavy atom. The third-order valence-corrected chi connectivity index (χ3v) is 4.27. The van der Waals surface area contributed by atoms with Crippen LogP contribution in [0.3, 0.4) is 0 Å². The minimum Gasteiger partial charge on any atom is -0.333 e. The van der Waals surface area contributed by atoms with Crippen molar-refractivity contribution in [2.45, 2.75) is 51.7 Å². The van der Waals surface area contributed by atoms with E-state index in [4.69, 9.17) is 0 Å². The number of hydrogen-bond acceptors (Lipinski definition) is 2. The highest BCUT2D eigenvalue weighted by atomic mass is 127. The predicted molar refractivity (Wildman–Crippen MR) is 96.3 cm³/mol. The van der Waals surface area contributed by atoms with E-state index < -0.39 is 0 Å². The largest absolute Gasteiger partial charge is 0.333 e. The molecule has 0 atom stereocenters. The lowest BCUT2D eigenvalue weighted by Gasteiger charge is -2.41. The Kier molecular flexibility index (Phi) is 6.61. The van der Waals surface area contributed by atoms with Gasteiger partial charge in [-0.3, -0.25) is 8.43 Å². The summed E-state index contributed by atoms with van der Waals surface area (Å²) < 4.78 is 15.5. The second kappa shape index (κ2) is 7.59. The van der Waals surface area contributed by atoms with Crippen molar-refractivity contribution in [2.75, 3.05) is 7.05 Å². The summed E-state index contributed by atoms with van der Waals surface area (Å²) in [6.07, 6.45) is 0.780. The van der Waals surface area contributed by atoms with Gasteiger partial charge in [0.25, 0.3) is 0 Å². The standard InChI is InChI=1S/C16H25FIN3O/c1-15(2,19-14(22)20-18)11-16(3,4)21(5)10-12-6-8-13(17)9-7-12/h6-9H,10-11H2,1-5H3,(H2,19,20,22). The quantitative estimate of drug-likeness (QED) is 0.542. The molecular weight excluding hydrogens is 396 g/mol. The first-order chi connectivity index (χ1) is 10.1. The number of amides is 2. The van der Waals surface area contributed by atoms with Crippen LogP contribution in [0.1, 0.15) is 39.7 Å². The normalized spacial score (nSPS) is 12.4. The minimum absolute atomic E-state index is 0.129. The molecule has 2 N–H and O–H groups in total. The van der Waals surface area contributed by atoms with Gasteiger partial charge in [0.05, 0.1) is 22.9 Å². The molecule has 0 aliphatic heterocycles. The molecule has 0 fully saturated rings. The van der Waals surface area contributed by atoms with E-state index in [0.717, 1.165) is 18.5 Å². The molecular formula is C16H25FIN3O. The van der Waals surface area contributed by atoms with Crippen LogP contribution in [-0.2, 0) is 6.54 Å². The maximum Gasteiger partial charge on any atom is 0.323 e. The number of halogens is 2. The second-order valence-electron chi connectivity index (χ2n) is 6.90. The third kappa shape index (κ3) is 6.08. The van der Waals surface area contributed by atoms with Gasteiger partial charge in [0.2, 0.25) is 0 Å². The molecule has 2 amide bonds. The first-order valence-electron chi connectivity index (χ1n) is 7.20. The van der Waals surface area contributed by atoms with E-state index in [9.17, 15) is 9.18 Å². The van der Waals surface area contributed by atoms with Gasteiger partial charge in [-0.05, 0) is 58.9 Å². The fourth-order valence-electron chi connectivity index (χ4n) is 2.67. The molecule has 1 aromatic carbocycles. The third-order valence-electron chi connectivity index (χ3n) is 3.78. The Bertz CT molecular complexity index is 503. The summed E-state index contributed by atoms with van der Waals surface area (Å²) in [6.45, 7) is 9.02. The van der Waals surface area contributed by atoms with Gasteiger partial charge in [-0.15, -0.1) is 0 Å². The Balaban J connectivity index is 2.71. The van der Waals surface area contributed by atoms with Crippen molar-refractivity contribution in [1.82, 2.24) is 13.7 Å². The predicted octanol–water partition coefficient (Wildman–Crippen LogP) is 3.85. The summed E-state index contributed by atoms with van der Waals surface area (Å²) in [5.41, 5.74) is 0.597. The van der Waals surface area contributed by atoms with Crippen molar-refractivity contribution in [3.05, 3.63) is 35.6 Å². The van der Waals surface area contributed by atoms with Crippen LogP contribution < -0.4 is 8.85 Å². The number of nitrogens with one attached hydrogen (secondary N) is 2. The summed E-state index contributed by atoms with van der Waals surface area (Å²) in [5, 5.41) is 2.95. The maximum absolute atomic E-state index is 13.0. The summed E-state index contributed by atoms with van der Waals surface area (Å²) in [7, 11) is 2.04.